The Morgan fingerprint density at radius 2 is 2.07 bits per heavy atom. The number of hydrogen-bond donors (Lipinski definition) is 3. The van der Waals surface area contributed by atoms with E-state index < -0.39 is 30.2 Å². The molecular formula is C8H11NO6. The quantitative estimate of drug-likeness (QED) is 0.505. The van der Waals surface area contributed by atoms with E-state index in [0.29, 0.717) is 0 Å². The van der Waals surface area contributed by atoms with Crippen LogP contribution in [0.25, 0.3) is 0 Å². The van der Waals surface area contributed by atoms with Crippen molar-refractivity contribution in [3.8, 4) is 0 Å². The second kappa shape index (κ2) is 3.78. The third kappa shape index (κ3) is 1.82. The van der Waals surface area contributed by atoms with Gasteiger partial charge in [0.1, 0.15) is 18.3 Å². The topological polar surface area (TPSA) is 105 Å². The smallest absolute Gasteiger partial charge is 0.357 e. The first-order valence-corrected chi connectivity index (χ1v) is 4.44. The van der Waals surface area contributed by atoms with Crippen molar-refractivity contribution in [2.24, 2.45) is 0 Å². The molecule has 1 aromatic heterocycles. The Bertz CT molecular complexity index is 384. The molecule has 1 aromatic rings. The van der Waals surface area contributed by atoms with Crippen molar-refractivity contribution >= 4 is 0 Å². The van der Waals surface area contributed by atoms with Crippen LogP contribution in [0.4, 0.5) is 0 Å². The molecule has 0 unspecified atom stereocenters. The lowest BCUT2D eigenvalue weighted by molar-refractivity contribution is -0.226. The molecule has 84 valence electrons. The van der Waals surface area contributed by atoms with E-state index in [1.165, 1.54) is 6.20 Å². The van der Waals surface area contributed by atoms with Crippen LogP contribution in [-0.2, 0) is 4.74 Å². The summed E-state index contributed by atoms with van der Waals surface area (Å²) in [5.41, 5.74) is -0.577. The summed E-state index contributed by atoms with van der Waals surface area (Å²) in [6.45, 7) is -0.134. The fourth-order valence-corrected chi connectivity index (χ4v) is 1.45. The first kappa shape index (κ1) is 10.4. The number of aliphatic hydroxyl groups excluding tert-OH is 3. The summed E-state index contributed by atoms with van der Waals surface area (Å²) in [5, 5.41) is 28.1. The molecule has 2 heterocycles. The summed E-state index contributed by atoms with van der Waals surface area (Å²) in [6.07, 6.45) is -3.51. The molecule has 1 aliphatic heterocycles. The van der Waals surface area contributed by atoms with E-state index in [0.717, 1.165) is 10.8 Å². The van der Waals surface area contributed by atoms with Crippen molar-refractivity contribution in [3.05, 3.63) is 22.7 Å². The first-order valence-electron chi connectivity index (χ1n) is 4.44. The maximum absolute atomic E-state index is 10.7. The predicted molar refractivity (Wildman–Crippen MR) is 46.0 cm³/mol. The number of nitrogens with zero attached hydrogens (tertiary/aromatic N) is 1. The van der Waals surface area contributed by atoms with Gasteiger partial charge in [0.05, 0.1) is 6.61 Å². The van der Waals surface area contributed by atoms with Crippen molar-refractivity contribution in [2.45, 2.75) is 24.5 Å². The number of hydrogen-bond acceptors (Lipinski definition) is 6. The molecule has 1 saturated heterocycles. The third-order valence-electron chi connectivity index (χ3n) is 2.28. The lowest BCUT2D eigenvalue weighted by Crippen LogP contribution is -2.50. The Labute approximate surface area is 84.1 Å². The predicted octanol–water partition coefficient (Wildman–Crippen LogP) is -1.95. The summed E-state index contributed by atoms with van der Waals surface area (Å²) in [6, 6.07) is 1.16. The number of rotatable bonds is 1. The molecule has 4 atom stereocenters. The van der Waals surface area contributed by atoms with E-state index in [1.54, 1.807) is 0 Å². The monoisotopic (exact) mass is 217 g/mol. The van der Waals surface area contributed by atoms with Crippen molar-refractivity contribution in [1.29, 1.82) is 0 Å². The van der Waals surface area contributed by atoms with Gasteiger partial charge >= 0.3 is 5.63 Å². The van der Waals surface area contributed by atoms with E-state index >= 15 is 0 Å². The van der Waals surface area contributed by atoms with Gasteiger partial charge in [-0.15, -0.1) is 0 Å². The third-order valence-corrected chi connectivity index (χ3v) is 2.28. The molecule has 0 amide bonds. The minimum atomic E-state index is -1.34. The molecule has 0 aromatic carbocycles. The lowest BCUT2D eigenvalue weighted by atomic mass is 10.0. The average Bonchev–Trinajstić information content (AvgIpc) is 2.61. The highest BCUT2D eigenvalue weighted by atomic mass is 16.6. The van der Waals surface area contributed by atoms with E-state index in [4.69, 9.17) is 4.74 Å². The molecule has 0 spiro atoms. The number of aromatic nitrogens is 1. The summed E-state index contributed by atoms with van der Waals surface area (Å²) in [4.78, 5) is 10.7. The zero-order valence-electron chi connectivity index (χ0n) is 7.68. The van der Waals surface area contributed by atoms with Crippen LogP contribution in [-0.4, -0.2) is 45.0 Å². The fourth-order valence-electron chi connectivity index (χ4n) is 1.45. The maximum Gasteiger partial charge on any atom is 0.357 e. The van der Waals surface area contributed by atoms with E-state index in [-0.39, 0.29) is 6.61 Å². The summed E-state index contributed by atoms with van der Waals surface area (Å²) in [7, 11) is 0. The molecule has 0 radical (unpaired) electrons. The molecular weight excluding hydrogens is 206 g/mol. The number of ether oxygens (including phenoxy) is 1. The zero-order valence-corrected chi connectivity index (χ0v) is 7.68. The summed E-state index contributed by atoms with van der Waals surface area (Å²) < 4.78 is 10.7. The van der Waals surface area contributed by atoms with Crippen LogP contribution in [0.2, 0.25) is 0 Å². The van der Waals surface area contributed by atoms with Gasteiger partial charge in [-0.3, -0.25) is 0 Å². The van der Waals surface area contributed by atoms with Gasteiger partial charge in [0.15, 0.2) is 6.23 Å². The number of aliphatic hydroxyl groups is 3. The molecule has 15 heavy (non-hydrogen) atoms. The van der Waals surface area contributed by atoms with Gasteiger partial charge in [-0.05, 0) is 0 Å². The molecule has 1 aliphatic rings. The highest BCUT2D eigenvalue weighted by Crippen LogP contribution is 2.23. The molecule has 3 N–H and O–H groups in total. The second-order valence-corrected chi connectivity index (χ2v) is 3.36. The largest absolute Gasteiger partial charge is 0.388 e. The molecule has 0 saturated carbocycles. The molecule has 2 rings (SSSR count). The van der Waals surface area contributed by atoms with Gasteiger partial charge in [-0.25, -0.2) is 4.79 Å². The van der Waals surface area contributed by atoms with Gasteiger partial charge in [0, 0.05) is 12.3 Å². The fraction of sp³-hybridized carbons (Fsp3) is 0.625. The highest BCUT2D eigenvalue weighted by Gasteiger charge is 2.39. The van der Waals surface area contributed by atoms with E-state index in [9.17, 15) is 20.1 Å². The SMILES string of the molecule is O=c1ccn([C@@H]2OC[C@@H](O)[C@H](O)[C@H]2O)o1. The van der Waals surface area contributed by atoms with Gasteiger partial charge in [-0.2, -0.15) is 4.74 Å². The van der Waals surface area contributed by atoms with E-state index in [1.807, 2.05) is 0 Å². The van der Waals surface area contributed by atoms with Gasteiger partial charge < -0.3 is 24.6 Å². The Hall–Kier alpha value is -1.15. The Morgan fingerprint density at radius 3 is 2.67 bits per heavy atom. The summed E-state index contributed by atoms with van der Waals surface area (Å²) in [5.74, 6) is 0. The minimum Gasteiger partial charge on any atom is -0.388 e. The van der Waals surface area contributed by atoms with Gasteiger partial charge in [0.2, 0.25) is 0 Å². The van der Waals surface area contributed by atoms with Crippen molar-refractivity contribution in [2.75, 3.05) is 6.61 Å². The highest BCUT2D eigenvalue weighted by molar-refractivity contribution is 4.86. The molecule has 1 fully saturated rings. The lowest BCUT2D eigenvalue weighted by Gasteiger charge is -2.34. The standard InChI is InChI=1S/C8H11NO6/c10-4-3-14-8(7(13)6(4)12)9-2-1-5(11)15-9/h1-2,4,6-8,10,12-13H,3H2/t4-,6+,7-,8-/m1/s1. The Kier molecular flexibility index (Phi) is 2.61. The first-order chi connectivity index (χ1) is 7.09. The van der Waals surface area contributed by atoms with Crippen LogP contribution < -0.4 is 5.63 Å². The maximum atomic E-state index is 10.7. The van der Waals surface area contributed by atoms with Crippen LogP contribution in [0.5, 0.6) is 0 Å². The van der Waals surface area contributed by atoms with E-state index in [2.05, 4.69) is 4.52 Å². The average molecular weight is 217 g/mol. The Morgan fingerprint density at radius 1 is 1.33 bits per heavy atom. The van der Waals surface area contributed by atoms with Crippen molar-refractivity contribution in [1.82, 2.24) is 4.74 Å². The van der Waals surface area contributed by atoms with Crippen LogP contribution in [0, 0.1) is 0 Å². The second-order valence-electron chi connectivity index (χ2n) is 3.36. The van der Waals surface area contributed by atoms with Crippen LogP contribution in [0.3, 0.4) is 0 Å². The normalized spacial score (nSPS) is 36.7. The van der Waals surface area contributed by atoms with Gasteiger partial charge in [0.25, 0.3) is 0 Å². The molecule has 7 nitrogen and oxygen atoms in total. The van der Waals surface area contributed by atoms with Crippen LogP contribution >= 0.6 is 0 Å². The summed E-state index contributed by atoms with van der Waals surface area (Å²) >= 11 is 0. The molecule has 0 aliphatic carbocycles. The Balaban J connectivity index is 2.20. The van der Waals surface area contributed by atoms with Gasteiger partial charge in [-0.1, -0.05) is 0 Å². The van der Waals surface area contributed by atoms with Crippen LogP contribution in [0.1, 0.15) is 6.23 Å². The van der Waals surface area contributed by atoms with Crippen LogP contribution in [0.15, 0.2) is 21.6 Å². The minimum absolute atomic E-state index is 0.134. The zero-order chi connectivity index (χ0) is 11.0. The van der Waals surface area contributed by atoms with Crippen molar-refractivity contribution < 1.29 is 24.6 Å². The molecule has 7 heteroatoms. The van der Waals surface area contributed by atoms with Crippen molar-refractivity contribution in [3.63, 3.8) is 0 Å². The molecule has 0 bridgehead atoms.